The second kappa shape index (κ2) is 5.22. The molecule has 122 valence electrons. The largest absolute Gasteiger partial charge is 0.316 e. The molecule has 0 saturated carbocycles. The fraction of sp³-hybridized carbons (Fsp3) is 0.467. The molecule has 1 aliphatic heterocycles. The van der Waals surface area contributed by atoms with Crippen molar-refractivity contribution in [1.82, 2.24) is 19.6 Å². The molecule has 2 aromatic rings. The third-order valence-electron chi connectivity index (χ3n) is 4.04. The Balaban J connectivity index is 1.87. The Morgan fingerprint density at radius 2 is 2.00 bits per heavy atom. The van der Waals surface area contributed by atoms with E-state index in [9.17, 15) is 9.59 Å². The molecule has 3 rings (SSSR count). The molecule has 0 bridgehead atoms. The zero-order valence-electron chi connectivity index (χ0n) is 13.7. The molecular formula is C15H20N6O2. The van der Waals surface area contributed by atoms with E-state index >= 15 is 0 Å². The molecular weight excluding hydrogens is 296 g/mol. The number of nitrogens with zero attached hydrogens (tertiary/aromatic N) is 5. The molecule has 1 aliphatic rings. The summed E-state index contributed by atoms with van der Waals surface area (Å²) in [4.78, 5) is 26.4. The van der Waals surface area contributed by atoms with Gasteiger partial charge in [-0.25, -0.2) is 0 Å². The molecule has 1 fully saturated rings. The smallest absolute Gasteiger partial charge is 0.276 e. The van der Waals surface area contributed by atoms with Crippen molar-refractivity contribution in [3.05, 3.63) is 24.2 Å². The van der Waals surface area contributed by atoms with E-state index in [1.165, 1.54) is 0 Å². The van der Waals surface area contributed by atoms with Gasteiger partial charge < -0.3 is 5.32 Å². The molecule has 1 N–H and O–H groups in total. The maximum Gasteiger partial charge on any atom is 0.276 e. The Kier molecular flexibility index (Phi) is 3.46. The molecule has 0 spiro atoms. The van der Waals surface area contributed by atoms with E-state index in [1.54, 1.807) is 46.8 Å². The van der Waals surface area contributed by atoms with Gasteiger partial charge in [0.15, 0.2) is 11.5 Å². The summed E-state index contributed by atoms with van der Waals surface area (Å²) in [7, 11) is 3.50. The first-order chi connectivity index (χ1) is 10.8. The summed E-state index contributed by atoms with van der Waals surface area (Å²) < 4.78 is 3.15. The van der Waals surface area contributed by atoms with Crippen LogP contribution in [0.4, 0.5) is 11.5 Å². The third-order valence-corrected chi connectivity index (χ3v) is 4.04. The van der Waals surface area contributed by atoms with Crippen LogP contribution in [0.1, 0.15) is 30.8 Å². The van der Waals surface area contributed by atoms with Crippen molar-refractivity contribution in [3.63, 3.8) is 0 Å². The van der Waals surface area contributed by atoms with Crippen molar-refractivity contribution < 1.29 is 9.59 Å². The van der Waals surface area contributed by atoms with Gasteiger partial charge in [-0.2, -0.15) is 10.2 Å². The fourth-order valence-electron chi connectivity index (χ4n) is 2.65. The number of hydrogen-bond donors (Lipinski definition) is 1. The number of carbonyl (C=O) groups is 2. The zero-order chi connectivity index (χ0) is 16.8. The van der Waals surface area contributed by atoms with Crippen molar-refractivity contribution >= 4 is 23.3 Å². The number of anilines is 2. The molecule has 2 aromatic heterocycles. The van der Waals surface area contributed by atoms with Gasteiger partial charge in [-0.05, 0) is 12.5 Å². The summed E-state index contributed by atoms with van der Waals surface area (Å²) in [5, 5.41) is 11.2. The van der Waals surface area contributed by atoms with Crippen LogP contribution >= 0.6 is 0 Å². The molecule has 0 radical (unpaired) electrons. The van der Waals surface area contributed by atoms with Crippen LogP contribution in [0, 0.1) is 5.41 Å². The predicted octanol–water partition coefficient (Wildman–Crippen LogP) is 1.17. The molecule has 8 heteroatoms. The van der Waals surface area contributed by atoms with E-state index in [0.717, 1.165) is 6.42 Å². The number of carbonyl (C=O) groups excluding carboxylic acids is 2. The van der Waals surface area contributed by atoms with Gasteiger partial charge in [-0.3, -0.25) is 23.9 Å². The van der Waals surface area contributed by atoms with Gasteiger partial charge in [0.1, 0.15) is 5.69 Å². The highest BCUT2D eigenvalue weighted by Crippen LogP contribution is 2.36. The van der Waals surface area contributed by atoms with Crippen LogP contribution in [-0.2, 0) is 18.9 Å². The lowest BCUT2D eigenvalue weighted by Gasteiger charge is -2.18. The first kappa shape index (κ1) is 15.3. The summed E-state index contributed by atoms with van der Waals surface area (Å²) in [5.41, 5.74) is 0.421. The van der Waals surface area contributed by atoms with E-state index in [4.69, 9.17) is 0 Å². The molecule has 0 aliphatic carbocycles. The molecule has 0 aromatic carbocycles. The highest BCUT2D eigenvalue weighted by atomic mass is 16.2. The maximum absolute atomic E-state index is 12.5. The standard InChI is InChI=1S/C15H20N6O2/c1-15(2)6-8-21(14(15)23)12-11(9-20(4)18-12)16-13(22)10-5-7-19(3)17-10/h5,7,9H,6,8H2,1-4H3,(H,16,22). The first-order valence-corrected chi connectivity index (χ1v) is 7.44. The minimum Gasteiger partial charge on any atom is -0.316 e. The molecule has 1 saturated heterocycles. The minimum atomic E-state index is -0.403. The van der Waals surface area contributed by atoms with Crippen LogP contribution in [0.2, 0.25) is 0 Å². The van der Waals surface area contributed by atoms with Crippen LogP contribution in [0.15, 0.2) is 18.5 Å². The van der Waals surface area contributed by atoms with Crippen LogP contribution in [-0.4, -0.2) is 37.9 Å². The second-order valence-electron chi connectivity index (χ2n) is 6.46. The Morgan fingerprint density at radius 1 is 1.26 bits per heavy atom. The lowest BCUT2D eigenvalue weighted by molar-refractivity contribution is -0.124. The Bertz CT molecular complexity index is 773. The Morgan fingerprint density at radius 3 is 2.57 bits per heavy atom. The lowest BCUT2D eigenvalue weighted by atomic mass is 9.92. The average Bonchev–Trinajstić information content (AvgIpc) is 3.11. The third kappa shape index (κ3) is 2.71. The normalized spacial score (nSPS) is 16.9. The number of aryl methyl sites for hydroxylation is 2. The number of hydrogen-bond acceptors (Lipinski definition) is 4. The van der Waals surface area contributed by atoms with E-state index in [2.05, 4.69) is 15.5 Å². The summed E-state index contributed by atoms with van der Waals surface area (Å²) in [6.45, 7) is 4.43. The highest BCUT2D eigenvalue weighted by Gasteiger charge is 2.41. The van der Waals surface area contributed by atoms with Gasteiger partial charge in [-0.15, -0.1) is 0 Å². The van der Waals surface area contributed by atoms with Gasteiger partial charge in [0.25, 0.3) is 5.91 Å². The monoisotopic (exact) mass is 316 g/mol. The topological polar surface area (TPSA) is 85.0 Å². The van der Waals surface area contributed by atoms with E-state index < -0.39 is 5.41 Å². The first-order valence-electron chi connectivity index (χ1n) is 7.44. The van der Waals surface area contributed by atoms with Crippen molar-refractivity contribution in [2.75, 3.05) is 16.8 Å². The molecule has 0 unspecified atom stereocenters. The zero-order valence-corrected chi connectivity index (χ0v) is 13.7. The predicted molar refractivity (Wildman–Crippen MR) is 85.1 cm³/mol. The molecule has 23 heavy (non-hydrogen) atoms. The summed E-state index contributed by atoms with van der Waals surface area (Å²) in [5.74, 6) is 0.169. The Labute approximate surface area is 134 Å². The average molecular weight is 316 g/mol. The highest BCUT2D eigenvalue weighted by molar-refractivity contribution is 6.07. The van der Waals surface area contributed by atoms with E-state index in [0.29, 0.717) is 23.7 Å². The van der Waals surface area contributed by atoms with E-state index in [-0.39, 0.29) is 11.8 Å². The second-order valence-corrected chi connectivity index (χ2v) is 6.46. The van der Waals surface area contributed by atoms with Crippen molar-refractivity contribution in [3.8, 4) is 0 Å². The Hall–Kier alpha value is -2.64. The quantitative estimate of drug-likeness (QED) is 0.921. The van der Waals surface area contributed by atoms with Gasteiger partial charge >= 0.3 is 0 Å². The lowest BCUT2D eigenvalue weighted by Crippen LogP contribution is -2.32. The van der Waals surface area contributed by atoms with Gasteiger partial charge in [0.05, 0.1) is 6.20 Å². The van der Waals surface area contributed by atoms with Gasteiger partial charge in [0, 0.05) is 32.3 Å². The number of aromatic nitrogens is 4. The van der Waals surface area contributed by atoms with Crippen molar-refractivity contribution in [2.24, 2.45) is 19.5 Å². The summed E-state index contributed by atoms with van der Waals surface area (Å²) in [6.07, 6.45) is 4.15. The molecule has 3 heterocycles. The number of rotatable bonds is 3. The van der Waals surface area contributed by atoms with Crippen LogP contribution in [0.3, 0.4) is 0 Å². The molecule has 8 nitrogen and oxygen atoms in total. The maximum atomic E-state index is 12.5. The van der Waals surface area contributed by atoms with Gasteiger partial charge in [-0.1, -0.05) is 13.8 Å². The number of amides is 2. The summed E-state index contributed by atoms with van der Waals surface area (Å²) in [6, 6.07) is 1.63. The van der Waals surface area contributed by atoms with Crippen LogP contribution in [0.5, 0.6) is 0 Å². The number of nitrogens with one attached hydrogen (secondary N) is 1. The van der Waals surface area contributed by atoms with Crippen LogP contribution < -0.4 is 10.2 Å². The fourth-order valence-corrected chi connectivity index (χ4v) is 2.65. The van der Waals surface area contributed by atoms with Crippen LogP contribution in [0.25, 0.3) is 0 Å². The summed E-state index contributed by atoms with van der Waals surface area (Å²) >= 11 is 0. The van der Waals surface area contributed by atoms with Gasteiger partial charge in [0.2, 0.25) is 5.91 Å². The van der Waals surface area contributed by atoms with E-state index in [1.807, 2.05) is 13.8 Å². The van der Waals surface area contributed by atoms with Crippen molar-refractivity contribution in [1.29, 1.82) is 0 Å². The molecule has 2 amide bonds. The minimum absolute atomic E-state index is 0.0181. The SMILES string of the molecule is Cn1ccc(C(=O)Nc2cn(C)nc2N2CCC(C)(C)C2=O)n1. The molecule has 0 atom stereocenters. The van der Waals surface area contributed by atoms with Crippen molar-refractivity contribution in [2.45, 2.75) is 20.3 Å².